The molecular formula is C19H19FO4. The predicted octanol–water partition coefficient (Wildman–Crippen LogP) is 4.05. The third-order valence-corrected chi connectivity index (χ3v) is 3.64. The summed E-state index contributed by atoms with van der Waals surface area (Å²) in [6.07, 6.45) is 0.208. The Balaban J connectivity index is 2.05. The summed E-state index contributed by atoms with van der Waals surface area (Å²) in [5.74, 6) is -2.10. The smallest absolute Gasteiger partial charge is 0.316 e. The van der Waals surface area contributed by atoms with Crippen LogP contribution in [0.25, 0.3) is 11.1 Å². The van der Waals surface area contributed by atoms with Gasteiger partial charge in [0.1, 0.15) is 5.82 Å². The number of carbonyl (C=O) groups excluding carboxylic acids is 2. The van der Waals surface area contributed by atoms with Gasteiger partial charge < -0.3 is 9.47 Å². The molecule has 0 radical (unpaired) electrons. The van der Waals surface area contributed by atoms with Crippen molar-refractivity contribution in [2.24, 2.45) is 0 Å². The number of esters is 2. The Morgan fingerprint density at radius 1 is 1.08 bits per heavy atom. The van der Waals surface area contributed by atoms with Crippen LogP contribution < -0.4 is 0 Å². The minimum Gasteiger partial charge on any atom is -0.428 e. The highest BCUT2D eigenvalue weighted by molar-refractivity contribution is 5.78. The molecular weight excluding hydrogens is 311 g/mol. The molecule has 0 heterocycles. The van der Waals surface area contributed by atoms with Gasteiger partial charge >= 0.3 is 11.9 Å². The van der Waals surface area contributed by atoms with Crippen molar-refractivity contribution in [3.63, 3.8) is 0 Å². The van der Waals surface area contributed by atoms with Crippen molar-refractivity contribution in [3.8, 4) is 11.1 Å². The largest absolute Gasteiger partial charge is 0.428 e. The minimum absolute atomic E-state index is 0.208. The zero-order valence-electron chi connectivity index (χ0n) is 13.6. The van der Waals surface area contributed by atoms with Crippen molar-refractivity contribution in [2.45, 2.75) is 26.2 Å². The van der Waals surface area contributed by atoms with E-state index in [0.29, 0.717) is 11.1 Å². The second-order valence-electron chi connectivity index (χ2n) is 5.28. The van der Waals surface area contributed by atoms with Gasteiger partial charge in [-0.3, -0.25) is 9.59 Å². The highest BCUT2D eigenvalue weighted by atomic mass is 19.1. The van der Waals surface area contributed by atoms with E-state index in [1.807, 2.05) is 30.3 Å². The first-order chi connectivity index (χ1) is 11.5. The molecule has 0 amide bonds. The predicted molar refractivity (Wildman–Crippen MR) is 87.6 cm³/mol. The fraction of sp³-hybridized carbons (Fsp3) is 0.263. The molecule has 1 atom stereocenters. The first kappa shape index (κ1) is 17.7. The van der Waals surface area contributed by atoms with Crippen molar-refractivity contribution < 1.29 is 23.5 Å². The van der Waals surface area contributed by atoms with Crippen LogP contribution in [0.3, 0.4) is 0 Å². The molecule has 2 rings (SSSR count). The fourth-order valence-electron chi connectivity index (χ4n) is 2.17. The van der Waals surface area contributed by atoms with E-state index in [4.69, 9.17) is 9.47 Å². The Morgan fingerprint density at radius 3 is 2.42 bits per heavy atom. The molecule has 0 spiro atoms. The lowest BCUT2D eigenvalue weighted by atomic mass is 9.97. The van der Waals surface area contributed by atoms with Crippen LogP contribution in [-0.4, -0.2) is 18.7 Å². The first-order valence-corrected chi connectivity index (χ1v) is 7.70. The van der Waals surface area contributed by atoms with Gasteiger partial charge in [0.2, 0.25) is 6.79 Å². The van der Waals surface area contributed by atoms with Crippen LogP contribution >= 0.6 is 0 Å². The molecule has 2 aromatic rings. The Kier molecular flexibility index (Phi) is 6.07. The van der Waals surface area contributed by atoms with Crippen molar-refractivity contribution >= 4 is 11.9 Å². The van der Waals surface area contributed by atoms with Gasteiger partial charge in [0, 0.05) is 12.0 Å². The van der Waals surface area contributed by atoms with Gasteiger partial charge in [-0.2, -0.15) is 0 Å². The molecule has 0 N–H and O–H groups in total. The zero-order chi connectivity index (χ0) is 17.5. The standard InChI is InChI=1S/C19H19FO4/c1-3-18(21)23-12-24-19(22)13(2)15-9-10-16(17(20)11-15)14-7-5-4-6-8-14/h4-11,13H,3,12H2,1-2H3. The zero-order valence-corrected chi connectivity index (χ0v) is 13.6. The maximum absolute atomic E-state index is 14.3. The number of rotatable bonds is 6. The second-order valence-corrected chi connectivity index (χ2v) is 5.28. The Bertz CT molecular complexity index is 713. The van der Waals surface area contributed by atoms with E-state index < -0.39 is 30.5 Å². The van der Waals surface area contributed by atoms with E-state index in [-0.39, 0.29) is 6.42 Å². The monoisotopic (exact) mass is 330 g/mol. The topological polar surface area (TPSA) is 52.6 Å². The summed E-state index contributed by atoms with van der Waals surface area (Å²) in [5, 5.41) is 0. The molecule has 1 unspecified atom stereocenters. The molecule has 2 aromatic carbocycles. The number of hydrogen-bond donors (Lipinski definition) is 0. The maximum atomic E-state index is 14.3. The summed E-state index contributed by atoms with van der Waals surface area (Å²) in [4.78, 5) is 22.9. The second kappa shape index (κ2) is 8.24. The van der Waals surface area contributed by atoms with Crippen molar-refractivity contribution in [1.82, 2.24) is 0 Å². The third kappa shape index (κ3) is 4.41. The van der Waals surface area contributed by atoms with E-state index in [2.05, 4.69) is 0 Å². The molecule has 0 fully saturated rings. The molecule has 4 nitrogen and oxygen atoms in total. The molecule has 0 saturated carbocycles. The van der Waals surface area contributed by atoms with Crippen molar-refractivity contribution in [2.75, 3.05) is 6.79 Å². The minimum atomic E-state index is -0.662. The molecule has 0 aromatic heterocycles. The van der Waals surface area contributed by atoms with Crippen LogP contribution in [0.5, 0.6) is 0 Å². The average Bonchev–Trinajstić information content (AvgIpc) is 2.61. The normalized spacial score (nSPS) is 11.6. The third-order valence-electron chi connectivity index (χ3n) is 3.64. The first-order valence-electron chi connectivity index (χ1n) is 7.70. The fourth-order valence-corrected chi connectivity index (χ4v) is 2.17. The molecule has 0 aliphatic heterocycles. The molecule has 0 bridgehead atoms. The molecule has 5 heteroatoms. The number of hydrogen-bond acceptors (Lipinski definition) is 4. The van der Waals surface area contributed by atoms with Crippen LogP contribution in [0, 0.1) is 5.82 Å². The summed E-state index contributed by atoms with van der Waals surface area (Å²) in [7, 11) is 0. The van der Waals surface area contributed by atoms with E-state index in [9.17, 15) is 14.0 Å². The lowest BCUT2D eigenvalue weighted by Crippen LogP contribution is -2.17. The van der Waals surface area contributed by atoms with Gasteiger partial charge in [0.25, 0.3) is 0 Å². The number of ether oxygens (including phenoxy) is 2. The summed E-state index contributed by atoms with van der Waals surface area (Å²) in [6.45, 7) is 2.82. The maximum Gasteiger partial charge on any atom is 0.316 e. The molecule has 126 valence electrons. The van der Waals surface area contributed by atoms with Crippen molar-refractivity contribution in [3.05, 3.63) is 59.9 Å². The quantitative estimate of drug-likeness (QED) is 0.592. The van der Waals surface area contributed by atoms with Crippen molar-refractivity contribution in [1.29, 1.82) is 0 Å². The van der Waals surface area contributed by atoms with E-state index in [1.165, 1.54) is 6.07 Å². The SMILES string of the molecule is CCC(=O)OCOC(=O)C(C)c1ccc(-c2ccccc2)c(F)c1. The number of benzene rings is 2. The highest BCUT2D eigenvalue weighted by Gasteiger charge is 2.19. The highest BCUT2D eigenvalue weighted by Crippen LogP contribution is 2.26. The van der Waals surface area contributed by atoms with Gasteiger partial charge in [-0.1, -0.05) is 49.4 Å². The van der Waals surface area contributed by atoms with E-state index in [1.54, 1.807) is 26.0 Å². The Hall–Kier alpha value is -2.69. The lowest BCUT2D eigenvalue weighted by molar-refractivity contribution is -0.167. The van der Waals surface area contributed by atoms with Crippen LogP contribution in [0.1, 0.15) is 31.7 Å². The number of halogens is 1. The van der Waals surface area contributed by atoms with Crippen LogP contribution in [0.4, 0.5) is 4.39 Å². The molecule has 0 aliphatic carbocycles. The lowest BCUT2D eigenvalue weighted by Gasteiger charge is -2.13. The molecule has 0 aliphatic rings. The van der Waals surface area contributed by atoms with Gasteiger partial charge in [0.05, 0.1) is 5.92 Å². The summed E-state index contributed by atoms with van der Waals surface area (Å²) in [5.41, 5.74) is 1.74. The van der Waals surface area contributed by atoms with Crippen LogP contribution in [-0.2, 0) is 19.1 Å². The Labute approximate surface area is 140 Å². The molecule has 0 saturated heterocycles. The van der Waals surface area contributed by atoms with Gasteiger partial charge in [-0.05, 0) is 24.1 Å². The molecule has 24 heavy (non-hydrogen) atoms. The van der Waals surface area contributed by atoms with Gasteiger partial charge in [-0.15, -0.1) is 0 Å². The Morgan fingerprint density at radius 2 is 1.79 bits per heavy atom. The van der Waals surface area contributed by atoms with E-state index >= 15 is 0 Å². The van der Waals surface area contributed by atoms with Gasteiger partial charge in [-0.25, -0.2) is 4.39 Å². The summed E-state index contributed by atoms with van der Waals surface area (Å²) < 4.78 is 23.9. The van der Waals surface area contributed by atoms with Crippen LogP contribution in [0.15, 0.2) is 48.5 Å². The summed E-state index contributed by atoms with van der Waals surface area (Å²) in [6, 6.07) is 13.8. The van der Waals surface area contributed by atoms with Crippen LogP contribution in [0.2, 0.25) is 0 Å². The number of carbonyl (C=O) groups is 2. The van der Waals surface area contributed by atoms with E-state index in [0.717, 1.165) is 5.56 Å². The average molecular weight is 330 g/mol. The summed E-state index contributed by atoms with van der Waals surface area (Å²) >= 11 is 0. The van der Waals surface area contributed by atoms with Gasteiger partial charge in [0.15, 0.2) is 0 Å².